The van der Waals surface area contributed by atoms with E-state index >= 15 is 0 Å². The van der Waals surface area contributed by atoms with Crippen LogP contribution in [0.1, 0.15) is 58.9 Å². The van der Waals surface area contributed by atoms with Crippen LogP contribution in [0.4, 0.5) is 4.79 Å². The molecule has 170 valence electrons. The van der Waals surface area contributed by atoms with Crippen molar-refractivity contribution in [3.05, 3.63) is 47.5 Å². The summed E-state index contributed by atoms with van der Waals surface area (Å²) in [5.41, 5.74) is 0.745. The first-order valence-corrected chi connectivity index (χ1v) is 10.6. The van der Waals surface area contributed by atoms with Crippen LogP contribution in [0.15, 0.2) is 42.0 Å². The van der Waals surface area contributed by atoms with Gasteiger partial charge in [-0.15, -0.1) is 0 Å². The highest BCUT2D eigenvalue weighted by molar-refractivity contribution is 5.87. The van der Waals surface area contributed by atoms with Crippen LogP contribution in [-0.2, 0) is 30.4 Å². The zero-order valence-corrected chi connectivity index (χ0v) is 19.1. The van der Waals surface area contributed by atoms with Gasteiger partial charge in [0.1, 0.15) is 18.2 Å². The predicted octanol–water partition coefficient (Wildman–Crippen LogP) is 4.40. The smallest absolute Gasteiger partial charge is 0.411 e. The molecule has 0 spiro atoms. The van der Waals surface area contributed by atoms with Crippen LogP contribution in [0.3, 0.4) is 0 Å². The van der Waals surface area contributed by atoms with Crippen LogP contribution in [0.5, 0.6) is 0 Å². The quantitative estimate of drug-likeness (QED) is 0.362. The Balaban J connectivity index is 2.10. The topological polar surface area (TPSA) is 82.1 Å². The van der Waals surface area contributed by atoms with E-state index in [4.69, 9.17) is 14.2 Å². The molecule has 0 unspecified atom stereocenters. The van der Waals surface area contributed by atoms with Crippen molar-refractivity contribution < 1.29 is 28.6 Å². The fraction of sp³-hybridized carbons (Fsp3) is 0.542. The van der Waals surface area contributed by atoms with Gasteiger partial charge in [-0.05, 0) is 58.9 Å². The first kappa shape index (κ1) is 24.4. The van der Waals surface area contributed by atoms with Crippen molar-refractivity contribution >= 4 is 18.0 Å². The summed E-state index contributed by atoms with van der Waals surface area (Å²) in [5, 5.41) is 0. The highest BCUT2D eigenvalue weighted by Crippen LogP contribution is 2.30. The van der Waals surface area contributed by atoms with Crippen LogP contribution in [-0.4, -0.2) is 47.7 Å². The lowest BCUT2D eigenvalue weighted by molar-refractivity contribution is -0.160. The molecule has 1 amide bonds. The van der Waals surface area contributed by atoms with E-state index in [-0.39, 0.29) is 18.6 Å². The van der Waals surface area contributed by atoms with Gasteiger partial charge in [-0.2, -0.15) is 0 Å². The minimum absolute atomic E-state index is 0.130. The number of carbonyl (C=O) groups excluding carboxylic acids is 3. The largest absolute Gasteiger partial charge is 0.466 e. The molecule has 7 heteroatoms. The number of hydrogen-bond donors (Lipinski definition) is 0. The van der Waals surface area contributed by atoms with E-state index in [0.717, 1.165) is 5.56 Å². The maximum Gasteiger partial charge on any atom is 0.411 e. The molecule has 31 heavy (non-hydrogen) atoms. The molecule has 0 radical (unpaired) electrons. The van der Waals surface area contributed by atoms with Gasteiger partial charge in [0.15, 0.2) is 0 Å². The summed E-state index contributed by atoms with van der Waals surface area (Å²) >= 11 is 0. The molecule has 2 rings (SSSR count). The van der Waals surface area contributed by atoms with E-state index < -0.39 is 23.7 Å². The normalized spacial score (nSPS) is 19.1. The Hall–Kier alpha value is -2.83. The Kier molecular flexibility index (Phi) is 8.65. The molecule has 2 atom stereocenters. The Morgan fingerprint density at radius 1 is 1.13 bits per heavy atom. The van der Waals surface area contributed by atoms with E-state index in [1.807, 2.05) is 30.3 Å². The maximum atomic E-state index is 13.0. The molecular formula is C24H33NO6. The highest BCUT2D eigenvalue weighted by Gasteiger charge is 2.43. The van der Waals surface area contributed by atoms with Crippen molar-refractivity contribution in [2.45, 2.75) is 77.7 Å². The molecule has 1 heterocycles. The van der Waals surface area contributed by atoms with Crippen molar-refractivity contribution in [3.8, 4) is 0 Å². The number of carbonyl (C=O) groups is 3. The maximum absolute atomic E-state index is 13.0. The van der Waals surface area contributed by atoms with Crippen molar-refractivity contribution in [3.63, 3.8) is 0 Å². The Bertz CT molecular complexity index is 796. The standard InChI is InChI=1S/C24H33NO6/c1-17(21(26)29-5)10-9-13-19-14-15-20(22(27)31-24(2,3)4)25(19)23(28)30-16-18-11-7-6-8-12-18/h6-8,10-12,19-20H,9,13-16H2,1-5H3/b17-10-/t19-,20-/m0/s1. The zero-order chi connectivity index (χ0) is 23.0. The molecule has 0 bridgehead atoms. The first-order valence-electron chi connectivity index (χ1n) is 10.6. The van der Waals surface area contributed by atoms with Crippen molar-refractivity contribution in [1.82, 2.24) is 4.90 Å². The molecule has 1 aliphatic rings. The third-order valence-electron chi connectivity index (χ3n) is 5.06. The van der Waals surface area contributed by atoms with E-state index in [9.17, 15) is 14.4 Å². The summed E-state index contributed by atoms with van der Waals surface area (Å²) in [5.74, 6) is -0.801. The molecule has 7 nitrogen and oxygen atoms in total. The van der Waals surface area contributed by atoms with Crippen molar-refractivity contribution in [2.75, 3.05) is 7.11 Å². The fourth-order valence-corrected chi connectivity index (χ4v) is 3.57. The van der Waals surface area contributed by atoms with Gasteiger partial charge in [0.25, 0.3) is 0 Å². The van der Waals surface area contributed by atoms with E-state index in [1.165, 1.54) is 12.0 Å². The third-order valence-corrected chi connectivity index (χ3v) is 5.06. The molecular weight excluding hydrogens is 398 g/mol. The summed E-state index contributed by atoms with van der Waals surface area (Å²) in [6, 6.07) is 8.54. The van der Waals surface area contributed by atoms with Crippen LogP contribution < -0.4 is 0 Å². The third kappa shape index (κ3) is 7.42. The second-order valence-electron chi connectivity index (χ2n) is 8.68. The fourth-order valence-electron chi connectivity index (χ4n) is 3.57. The lowest BCUT2D eigenvalue weighted by Crippen LogP contribution is -2.47. The summed E-state index contributed by atoms with van der Waals surface area (Å²) in [7, 11) is 1.34. The number of benzene rings is 1. The van der Waals surface area contributed by atoms with Crippen LogP contribution in [0, 0.1) is 0 Å². The van der Waals surface area contributed by atoms with Crippen LogP contribution in [0.25, 0.3) is 0 Å². The molecule has 1 fully saturated rings. The summed E-state index contributed by atoms with van der Waals surface area (Å²) < 4.78 is 15.8. The van der Waals surface area contributed by atoms with Gasteiger partial charge < -0.3 is 14.2 Å². The summed E-state index contributed by atoms with van der Waals surface area (Å²) in [4.78, 5) is 38.8. The molecule has 0 N–H and O–H groups in total. The molecule has 1 aromatic carbocycles. The first-order chi connectivity index (χ1) is 14.6. The number of nitrogens with zero attached hydrogens (tertiary/aromatic N) is 1. The monoisotopic (exact) mass is 431 g/mol. The van der Waals surface area contributed by atoms with E-state index in [0.29, 0.717) is 31.3 Å². The predicted molar refractivity (Wildman–Crippen MR) is 116 cm³/mol. The molecule has 1 aromatic rings. The number of likely N-dealkylation sites (tertiary alicyclic amines) is 1. The number of hydrogen-bond acceptors (Lipinski definition) is 6. The zero-order valence-electron chi connectivity index (χ0n) is 19.1. The van der Waals surface area contributed by atoms with Gasteiger partial charge in [-0.3, -0.25) is 4.90 Å². The lowest BCUT2D eigenvalue weighted by atomic mass is 10.1. The van der Waals surface area contributed by atoms with Gasteiger partial charge in [0, 0.05) is 11.6 Å². The number of amides is 1. The summed E-state index contributed by atoms with van der Waals surface area (Å²) in [6.45, 7) is 7.22. The molecule has 1 saturated heterocycles. The molecule has 0 aromatic heterocycles. The average Bonchev–Trinajstić information content (AvgIpc) is 3.15. The van der Waals surface area contributed by atoms with E-state index in [2.05, 4.69) is 0 Å². The SMILES string of the molecule is COC(=O)/C(C)=C\CC[C@H]1CC[C@@H](C(=O)OC(C)(C)C)N1C(=O)OCc1ccccc1. The Labute approximate surface area is 184 Å². The molecule has 0 saturated carbocycles. The Morgan fingerprint density at radius 2 is 1.81 bits per heavy atom. The average molecular weight is 432 g/mol. The molecule has 0 aliphatic carbocycles. The van der Waals surface area contributed by atoms with Gasteiger partial charge in [-0.1, -0.05) is 36.4 Å². The van der Waals surface area contributed by atoms with Gasteiger partial charge >= 0.3 is 18.0 Å². The lowest BCUT2D eigenvalue weighted by Gasteiger charge is -2.30. The molecule has 1 aliphatic heterocycles. The number of esters is 2. The summed E-state index contributed by atoms with van der Waals surface area (Å²) in [6.07, 6.45) is 3.62. The van der Waals surface area contributed by atoms with Gasteiger partial charge in [0.05, 0.1) is 7.11 Å². The number of methoxy groups -OCH3 is 1. The Morgan fingerprint density at radius 3 is 2.42 bits per heavy atom. The number of rotatable bonds is 7. The minimum Gasteiger partial charge on any atom is -0.466 e. The van der Waals surface area contributed by atoms with Crippen LogP contribution in [0.2, 0.25) is 0 Å². The van der Waals surface area contributed by atoms with E-state index in [1.54, 1.807) is 33.8 Å². The second kappa shape index (κ2) is 11.0. The number of ether oxygens (including phenoxy) is 3. The number of allylic oxidation sites excluding steroid dienone is 1. The van der Waals surface area contributed by atoms with Crippen molar-refractivity contribution in [2.24, 2.45) is 0 Å². The minimum atomic E-state index is -0.682. The van der Waals surface area contributed by atoms with Gasteiger partial charge in [0.2, 0.25) is 0 Å². The highest BCUT2D eigenvalue weighted by atomic mass is 16.6. The van der Waals surface area contributed by atoms with Crippen LogP contribution >= 0.6 is 0 Å². The second-order valence-corrected chi connectivity index (χ2v) is 8.68. The van der Waals surface area contributed by atoms with Crippen molar-refractivity contribution in [1.29, 1.82) is 0 Å². The van der Waals surface area contributed by atoms with Gasteiger partial charge in [-0.25, -0.2) is 14.4 Å².